The van der Waals surface area contributed by atoms with Gasteiger partial charge in [0.15, 0.2) is 0 Å². The SMILES string of the molecule is CCOC(=O)c1c(NC(=O)CCNC(C)=O)c[nH]c1C. The Hall–Kier alpha value is -2.31. The van der Waals surface area contributed by atoms with Crippen molar-refractivity contribution in [2.45, 2.75) is 27.2 Å². The number of aryl methyl sites for hydroxylation is 1. The number of nitrogens with one attached hydrogen (secondary N) is 3. The quantitative estimate of drug-likeness (QED) is 0.676. The number of rotatable bonds is 6. The molecule has 0 radical (unpaired) electrons. The Morgan fingerprint density at radius 3 is 2.65 bits per heavy atom. The first-order valence-electron chi connectivity index (χ1n) is 6.35. The van der Waals surface area contributed by atoms with Gasteiger partial charge in [0.1, 0.15) is 5.56 Å². The second-order valence-corrected chi connectivity index (χ2v) is 4.20. The van der Waals surface area contributed by atoms with Gasteiger partial charge >= 0.3 is 5.97 Å². The monoisotopic (exact) mass is 281 g/mol. The molecule has 1 rings (SSSR count). The highest BCUT2D eigenvalue weighted by molar-refractivity contribution is 6.02. The Morgan fingerprint density at radius 2 is 2.05 bits per heavy atom. The smallest absolute Gasteiger partial charge is 0.342 e. The van der Waals surface area contributed by atoms with Gasteiger partial charge in [-0.2, -0.15) is 0 Å². The minimum Gasteiger partial charge on any atom is -0.462 e. The normalized spacial score (nSPS) is 9.95. The summed E-state index contributed by atoms with van der Waals surface area (Å²) in [6, 6.07) is 0. The van der Waals surface area contributed by atoms with Crippen LogP contribution in [0.5, 0.6) is 0 Å². The molecule has 0 saturated heterocycles. The average Bonchev–Trinajstić information content (AvgIpc) is 2.70. The Kier molecular flexibility index (Phi) is 5.76. The lowest BCUT2D eigenvalue weighted by Gasteiger charge is -2.07. The van der Waals surface area contributed by atoms with E-state index < -0.39 is 5.97 Å². The summed E-state index contributed by atoms with van der Waals surface area (Å²) in [4.78, 5) is 37.1. The van der Waals surface area contributed by atoms with Crippen molar-refractivity contribution in [2.24, 2.45) is 0 Å². The molecule has 0 aliphatic carbocycles. The van der Waals surface area contributed by atoms with Crippen molar-refractivity contribution in [1.29, 1.82) is 0 Å². The molecule has 20 heavy (non-hydrogen) atoms. The van der Waals surface area contributed by atoms with Gasteiger partial charge in [0.25, 0.3) is 0 Å². The Bertz CT molecular complexity index is 508. The molecule has 110 valence electrons. The van der Waals surface area contributed by atoms with E-state index in [1.165, 1.54) is 13.1 Å². The van der Waals surface area contributed by atoms with Gasteiger partial charge in [-0.05, 0) is 13.8 Å². The number of anilines is 1. The van der Waals surface area contributed by atoms with Crippen LogP contribution in [0.25, 0.3) is 0 Å². The number of amides is 2. The molecule has 0 aliphatic rings. The molecule has 0 spiro atoms. The van der Waals surface area contributed by atoms with Gasteiger partial charge in [-0.1, -0.05) is 0 Å². The van der Waals surface area contributed by atoms with Crippen LogP contribution in [0.15, 0.2) is 6.20 Å². The second-order valence-electron chi connectivity index (χ2n) is 4.20. The maximum atomic E-state index is 11.8. The molecule has 0 fully saturated rings. The van der Waals surface area contributed by atoms with Crippen LogP contribution in [0, 0.1) is 6.92 Å². The molecule has 0 bridgehead atoms. The fourth-order valence-electron chi connectivity index (χ4n) is 1.66. The highest BCUT2D eigenvalue weighted by atomic mass is 16.5. The summed E-state index contributed by atoms with van der Waals surface area (Å²) in [7, 11) is 0. The topological polar surface area (TPSA) is 100 Å². The molecule has 1 aromatic rings. The zero-order chi connectivity index (χ0) is 15.1. The first kappa shape index (κ1) is 15.7. The molecule has 7 nitrogen and oxygen atoms in total. The van der Waals surface area contributed by atoms with Gasteiger partial charge in [0.2, 0.25) is 11.8 Å². The molecule has 2 amide bonds. The van der Waals surface area contributed by atoms with E-state index >= 15 is 0 Å². The molecular weight excluding hydrogens is 262 g/mol. The van der Waals surface area contributed by atoms with Crippen molar-refractivity contribution in [1.82, 2.24) is 10.3 Å². The maximum Gasteiger partial charge on any atom is 0.342 e. The minimum atomic E-state index is -0.483. The van der Waals surface area contributed by atoms with Crippen LogP contribution in [0.1, 0.15) is 36.3 Å². The fraction of sp³-hybridized carbons (Fsp3) is 0.462. The minimum absolute atomic E-state index is 0.131. The average molecular weight is 281 g/mol. The van der Waals surface area contributed by atoms with E-state index in [2.05, 4.69) is 15.6 Å². The van der Waals surface area contributed by atoms with Gasteiger partial charge in [-0.25, -0.2) is 4.79 Å². The summed E-state index contributed by atoms with van der Waals surface area (Å²) >= 11 is 0. The predicted molar refractivity (Wildman–Crippen MR) is 73.4 cm³/mol. The standard InChI is InChI=1S/C13H19N3O4/c1-4-20-13(19)12-8(2)15-7-10(12)16-11(18)5-6-14-9(3)17/h7,15H,4-6H2,1-3H3,(H,14,17)(H,16,18). The summed E-state index contributed by atoms with van der Waals surface area (Å²) in [5.41, 5.74) is 1.33. The predicted octanol–water partition coefficient (Wildman–Crippen LogP) is 0.965. The van der Waals surface area contributed by atoms with Gasteiger partial charge in [-0.3, -0.25) is 9.59 Å². The number of hydrogen-bond donors (Lipinski definition) is 3. The van der Waals surface area contributed by atoms with Crippen molar-refractivity contribution in [3.05, 3.63) is 17.5 Å². The van der Waals surface area contributed by atoms with Gasteiger partial charge < -0.3 is 20.4 Å². The highest BCUT2D eigenvalue weighted by Crippen LogP contribution is 2.20. The number of H-pyrrole nitrogens is 1. The molecule has 0 atom stereocenters. The first-order chi connectivity index (χ1) is 9.45. The summed E-state index contributed by atoms with van der Waals surface area (Å²) in [6.07, 6.45) is 1.67. The number of carbonyl (C=O) groups excluding carboxylic acids is 3. The van der Waals surface area contributed by atoms with E-state index in [9.17, 15) is 14.4 Å². The van der Waals surface area contributed by atoms with E-state index in [0.29, 0.717) is 16.9 Å². The number of aromatic nitrogens is 1. The lowest BCUT2D eigenvalue weighted by molar-refractivity contribution is -0.119. The molecule has 0 aliphatic heterocycles. The van der Waals surface area contributed by atoms with Crippen molar-refractivity contribution < 1.29 is 19.1 Å². The van der Waals surface area contributed by atoms with Crippen LogP contribution < -0.4 is 10.6 Å². The molecule has 0 aromatic carbocycles. The zero-order valence-electron chi connectivity index (χ0n) is 11.8. The summed E-state index contributed by atoms with van der Waals surface area (Å²) in [5.74, 6) is -0.964. The van der Waals surface area contributed by atoms with E-state index in [4.69, 9.17) is 4.74 Å². The summed E-state index contributed by atoms with van der Waals surface area (Å²) < 4.78 is 4.93. The third-order valence-corrected chi connectivity index (χ3v) is 2.56. The number of hydrogen-bond acceptors (Lipinski definition) is 4. The van der Waals surface area contributed by atoms with Crippen LogP contribution in [0.3, 0.4) is 0 Å². The summed E-state index contributed by atoms with van der Waals surface area (Å²) in [6.45, 7) is 5.33. The Morgan fingerprint density at radius 1 is 1.35 bits per heavy atom. The largest absolute Gasteiger partial charge is 0.462 e. The molecular formula is C13H19N3O4. The van der Waals surface area contributed by atoms with Crippen LogP contribution in [-0.4, -0.2) is 35.9 Å². The number of ether oxygens (including phenoxy) is 1. The molecule has 1 heterocycles. The Balaban J connectivity index is 2.66. The highest BCUT2D eigenvalue weighted by Gasteiger charge is 2.18. The van der Waals surface area contributed by atoms with Crippen LogP contribution >= 0.6 is 0 Å². The maximum absolute atomic E-state index is 11.8. The van der Waals surface area contributed by atoms with Crippen molar-refractivity contribution >= 4 is 23.5 Å². The van der Waals surface area contributed by atoms with Crippen molar-refractivity contribution in [3.8, 4) is 0 Å². The fourth-order valence-corrected chi connectivity index (χ4v) is 1.66. The third-order valence-electron chi connectivity index (χ3n) is 2.56. The van der Waals surface area contributed by atoms with Crippen LogP contribution in [0.4, 0.5) is 5.69 Å². The van der Waals surface area contributed by atoms with Crippen molar-refractivity contribution in [2.75, 3.05) is 18.5 Å². The lowest BCUT2D eigenvalue weighted by atomic mass is 10.2. The van der Waals surface area contributed by atoms with Crippen LogP contribution in [-0.2, 0) is 14.3 Å². The van der Waals surface area contributed by atoms with E-state index in [-0.39, 0.29) is 31.4 Å². The number of carbonyl (C=O) groups is 3. The number of aromatic amines is 1. The van der Waals surface area contributed by atoms with E-state index in [0.717, 1.165) is 0 Å². The zero-order valence-corrected chi connectivity index (χ0v) is 11.8. The van der Waals surface area contributed by atoms with E-state index in [1.54, 1.807) is 13.8 Å². The van der Waals surface area contributed by atoms with Gasteiger partial charge in [0, 0.05) is 31.8 Å². The lowest BCUT2D eigenvalue weighted by Crippen LogP contribution is -2.25. The first-order valence-corrected chi connectivity index (χ1v) is 6.35. The molecule has 3 N–H and O–H groups in total. The molecule has 0 saturated carbocycles. The van der Waals surface area contributed by atoms with Crippen molar-refractivity contribution in [3.63, 3.8) is 0 Å². The molecule has 7 heteroatoms. The third kappa shape index (κ3) is 4.42. The Labute approximate surface area is 117 Å². The second kappa shape index (κ2) is 7.32. The van der Waals surface area contributed by atoms with Crippen LogP contribution in [0.2, 0.25) is 0 Å². The van der Waals surface area contributed by atoms with E-state index in [1.807, 2.05) is 0 Å². The number of esters is 1. The summed E-state index contributed by atoms with van der Waals surface area (Å²) in [5, 5.41) is 5.15. The van der Waals surface area contributed by atoms with Gasteiger partial charge in [0.05, 0.1) is 12.3 Å². The molecule has 1 aromatic heterocycles. The molecule has 0 unspecified atom stereocenters. The van der Waals surface area contributed by atoms with Gasteiger partial charge in [-0.15, -0.1) is 0 Å².